The number of thioether (sulfide) groups is 1. The van der Waals surface area contributed by atoms with Crippen LogP contribution in [0.2, 0.25) is 0 Å². The molecular formula is C21H16N2O6S2. The van der Waals surface area contributed by atoms with Gasteiger partial charge in [-0.1, -0.05) is 30.0 Å². The van der Waals surface area contributed by atoms with Crippen LogP contribution in [0.4, 0.5) is 5.69 Å². The largest absolute Gasteiger partial charge is 0.454 e. The van der Waals surface area contributed by atoms with Crippen molar-refractivity contribution in [2.24, 2.45) is 0 Å². The number of carbonyl (C=O) groups is 2. The van der Waals surface area contributed by atoms with E-state index in [1.54, 1.807) is 30.3 Å². The number of hydrogen-bond donors (Lipinski definition) is 1. The molecule has 2 aromatic rings. The van der Waals surface area contributed by atoms with Gasteiger partial charge in [0.2, 0.25) is 19.5 Å². The summed E-state index contributed by atoms with van der Waals surface area (Å²) in [6.45, 7) is 0.551. The second kappa shape index (κ2) is 8.12. The molecule has 2 amide bonds. The highest BCUT2D eigenvalue weighted by Crippen LogP contribution is 2.37. The van der Waals surface area contributed by atoms with Gasteiger partial charge in [-0.05, 0) is 35.9 Å². The molecule has 0 saturated carbocycles. The lowest BCUT2D eigenvalue weighted by molar-refractivity contribution is -0.122. The van der Waals surface area contributed by atoms with Crippen LogP contribution in [0.3, 0.4) is 0 Å². The molecule has 0 spiro atoms. The average molecular weight is 457 g/mol. The van der Waals surface area contributed by atoms with Gasteiger partial charge in [0.1, 0.15) is 4.32 Å². The second-order valence-corrected chi connectivity index (χ2v) is 8.49. The summed E-state index contributed by atoms with van der Waals surface area (Å²) in [6, 6.07) is 10.6. The minimum atomic E-state index is -0.229. The first-order valence-corrected chi connectivity index (χ1v) is 10.6. The molecule has 1 fully saturated rings. The van der Waals surface area contributed by atoms with E-state index in [-0.39, 0.29) is 38.4 Å². The Hall–Kier alpha value is -3.24. The standard InChI is InChI=1S/C21H16N2O6S2/c24-19(22-13-2-4-15-17(9-13)29-11-27-15)5-6-23-20(25)18(31-21(23)30)8-12-1-3-14-16(7-12)28-10-26-14/h1-4,7-9H,5-6,10-11H2,(H,22,24)/b18-8-. The van der Waals surface area contributed by atoms with E-state index in [0.29, 0.717) is 37.9 Å². The Kier molecular flexibility index (Phi) is 5.16. The number of nitrogens with one attached hydrogen (secondary N) is 1. The van der Waals surface area contributed by atoms with Crippen LogP contribution in [0.1, 0.15) is 12.0 Å². The van der Waals surface area contributed by atoms with Gasteiger partial charge in [0, 0.05) is 24.7 Å². The maximum atomic E-state index is 12.8. The first-order valence-electron chi connectivity index (χ1n) is 9.41. The lowest BCUT2D eigenvalue weighted by atomic mass is 10.2. The number of anilines is 1. The van der Waals surface area contributed by atoms with Gasteiger partial charge in [0.05, 0.1) is 4.91 Å². The van der Waals surface area contributed by atoms with Gasteiger partial charge >= 0.3 is 0 Å². The number of hydrogen-bond acceptors (Lipinski definition) is 8. The predicted octanol–water partition coefficient (Wildman–Crippen LogP) is 3.37. The fourth-order valence-electron chi connectivity index (χ4n) is 3.26. The first kappa shape index (κ1) is 19.7. The number of benzene rings is 2. The van der Waals surface area contributed by atoms with Crippen LogP contribution in [-0.4, -0.2) is 41.2 Å². The highest BCUT2D eigenvalue weighted by molar-refractivity contribution is 8.26. The Morgan fingerprint density at radius 2 is 1.71 bits per heavy atom. The third-order valence-electron chi connectivity index (χ3n) is 4.79. The number of rotatable bonds is 5. The number of ether oxygens (including phenoxy) is 4. The molecule has 5 rings (SSSR count). The van der Waals surface area contributed by atoms with Gasteiger partial charge in [-0.2, -0.15) is 0 Å². The summed E-state index contributed by atoms with van der Waals surface area (Å²) in [5, 5.41) is 2.80. The van der Waals surface area contributed by atoms with E-state index in [1.807, 2.05) is 12.1 Å². The van der Waals surface area contributed by atoms with Crippen molar-refractivity contribution in [2.75, 3.05) is 25.4 Å². The zero-order chi connectivity index (χ0) is 21.4. The van der Waals surface area contributed by atoms with E-state index in [4.69, 9.17) is 31.2 Å². The lowest BCUT2D eigenvalue weighted by Crippen LogP contribution is -2.31. The fraction of sp³-hybridized carbons (Fsp3) is 0.190. The Bertz CT molecular complexity index is 1130. The molecule has 158 valence electrons. The van der Waals surface area contributed by atoms with E-state index in [1.165, 1.54) is 16.7 Å². The molecule has 1 saturated heterocycles. The maximum Gasteiger partial charge on any atom is 0.266 e. The van der Waals surface area contributed by atoms with E-state index in [0.717, 1.165) is 5.56 Å². The minimum absolute atomic E-state index is 0.109. The highest BCUT2D eigenvalue weighted by Gasteiger charge is 2.32. The molecule has 0 aliphatic carbocycles. The van der Waals surface area contributed by atoms with Crippen LogP contribution in [0, 0.1) is 0 Å². The molecule has 0 unspecified atom stereocenters. The highest BCUT2D eigenvalue weighted by atomic mass is 32.2. The van der Waals surface area contributed by atoms with E-state index >= 15 is 0 Å². The minimum Gasteiger partial charge on any atom is -0.454 e. The van der Waals surface area contributed by atoms with E-state index in [2.05, 4.69) is 5.32 Å². The topological polar surface area (TPSA) is 86.3 Å². The summed E-state index contributed by atoms with van der Waals surface area (Å²) < 4.78 is 21.7. The molecule has 0 atom stereocenters. The van der Waals surface area contributed by atoms with Crippen molar-refractivity contribution in [2.45, 2.75) is 6.42 Å². The third-order valence-corrected chi connectivity index (χ3v) is 6.16. The van der Waals surface area contributed by atoms with Gasteiger partial charge < -0.3 is 24.3 Å². The van der Waals surface area contributed by atoms with Gasteiger partial charge in [-0.25, -0.2) is 0 Å². The molecule has 3 aliphatic heterocycles. The van der Waals surface area contributed by atoms with Crippen molar-refractivity contribution in [3.63, 3.8) is 0 Å². The van der Waals surface area contributed by atoms with Crippen LogP contribution in [0.5, 0.6) is 23.0 Å². The molecule has 3 heterocycles. The summed E-state index contributed by atoms with van der Waals surface area (Å²) >= 11 is 6.56. The molecule has 0 radical (unpaired) electrons. The molecule has 0 bridgehead atoms. The summed E-state index contributed by atoms with van der Waals surface area (Å²) in [7, 11) is 0. The van der Waals surface area contributed by atoms with Crippen molar-refractivity contribution >= 4 is 51.9 Å². The maximum absolute atomic E-state index is 12.8. The molecule has 1 N–H and O–H groups in total. The summed E-state index contributed by atoms with van der Waals surface area (Å²) in [4.78, 5) is 27.1. The monoisotopic (exact) mass is 456 g/mol. The van der Waals surface area contributed by atoms with E-state index in [9.17, 15) is 9.59 Å². The number of fused-ring (bicyclic) bond motifs is 2. The normalized spacial score (nSPS) is 17.5. The lowest BCUT2D eigenvalue weighted by Gasteiger charge is -2.14. The number of thiocarbonyl (C=S) groups is 1. The molecule has 0 aromatic heterocycles. The van der Waals surface area contributed by atoms with Crippen molar-refractivity contribution < 1.29 is 28.5 Å². The number of nitrogens with zero attached hydrogens (tertiary/aromatic N) is 1. The quantitative estimate of drug-likeness (QED) is 0.541. The molecule has 3 aliphatic rings. The Morgan fingerprint density at radius 3 is 2.48 bits per heavy atom. The summed E-state index contributed by atoms with van der Waals surface area (Å²) in [5.74, 6) is 2.10. The van der Waals surface area contributed by atoms with Gasteiger partial charge in [0.15, 0.2) is 23.0 Å². The SMILES string of the molecule is O=C(CCN1C(=O)/C(=C/c2ccc3c(c2)OCO3)SC1=S)Nc1ccc2c(c1)OCO2. The first-order chi connectivity index (χ1) is 15.1. The van der Waals surface area contributed by atoms with Crippen molar-refractivity contribution in [3.8, 4) is 23.0 Å². The van der Waals surface area contributed by atoms with Crippen LogP contribution in [0.15, 0.2) is 41.3 Å². The summed E-state index contributed by atoms with van der Waals surface area (Å²) in [6.07, 6.45) is 1.87. The molecule has 10 heteroatoms. The third kappa shape index (κ3) is 4.04. The molecular weight excluding hydrogens is 440 g/mol. The predicted molar refractivity (Wildman–Crippen MR) is 118 cm³/mol. The Morgan fingerprint density at radius 1 is 1.03 bits per heavy atom. The molecule has 8 nitrogen and oxygen atoms in total. The number of amides is 2. The van der Waals surface area contributed by atoms with Crippen LogP contribution >= 0.6 is 24.0 Å². The zero-order valence-electron chi connectivity index (χ0n) is 16.1. The summed E-state index contributed by atoms with van der Waals surface area (Å²) in [5.41, 5.74) is 1.41. The molecule has 2 aromatic carbocycles. The average Bonchev–Trinajstić information content (AvgIpc) is 3.46. The Labute approximate surface area is 187 Å². The van der Waals surface area contributed by atoms with Crippen molar-refractivity contribution in [3.05, 3.63) is 46.9 Å². The van der Waals surface area contributed by atoms with E-state index < -0.39 is 0 Å². The fourth-order valence-corrected chi connectivity index (χ4v) is 4.57. The van der Waals surface area contributed by atoms with Crippen molar-refractivity contribution in [1.29, 1.82) is 0 Å². The van der Waals surface area contributed by atoms with Crippen molar-refractivity contribution in [1.82, 2.24) is 4.90 Å². The zero-order valence-corrected chi connectivity index (χ0v) is 17.7. The van der Waals surface area contributed by atoms with Gasteiger partial charge in [-0.3, -0.25) is 14.5 Å². The van der Waals surface area contributed by atoms with Crippen LogP contribution in [-0.2, 0) is 9.59 Å². The Balaban J connectivity index is 1.20. The smallest absolute Gasteiger partial charge is 0.266 e. The van der Waals surface area contributed by atoms with Crippen LogP contribution < -0.4 is 24.3 Å². The van der Waals surface area contributed by atoms with Crippen LogP contribution in [0.25, 0.3) is 6.08 Å². The van der Waals surface area contributed by atoms with Gasteiger partial charge in [0.25, 0.3) is 5.91 Å². The second-order valence-electron chi connectivity index (χ2n) is 6.81. The molecule has 31 heavy (non-hydrogen) atoms. The number of carbonyl (C=O) groups excluding carboxylic acids is 2. The van der Waals surface area contributed by atoms with Gasteiger partial charge in [-0.15, -0.1) is 0 Å².